The van der Waals surface area contributed by atoms with Gasteiger partial charge >= 0.3 is 5.63 Å². The van der Waals surface area contributed by atoms with Crippen LogP contribution in [0, 0.1) is 5.82 Å². The summed E-state index contributed by atoms with van der Waals surface area (Å²) in [5.74, 6) is -1.94. The van der Waals surface area contributed by atoms with E-state index < -0.39 is 23.3 Å². The molecule has 6 nitrogen and oxygen atoms in total. The van der Waals surface area contributed by atoms with Gasteiger partial charge in [-0.15, -0.1) is 0 Å². The Labute approximate surface area is 134 Å². The van der Waals surface area contributed by atoms with Crippen molar-refractivity contribution in [2.45, 2.75) is 0 Å². The van der Waals surface area contributed by atoms with Crippen molar-refractivity contribution >= 4 is 22.8 Å². The second kappa shape index (κ2) is 6.33. The minimum Gasteiger partial charge on any atom is -0.422 e. The Kier molecular flexibility index (Phi) is 4.07. The van der Waals surface area contributed by atoms with Gasteiger partial charge in [0.05, 0.1) is 0 Å². The van der Waals surface area contributed by atoms with Crippen LogP contribution in [0.25, 0.3) is 11.0 Å². The van der Waals surface area contributed by atoms with E-state index in [-0.39, 0.29) is 11.1 Å². The number of benzene rings is 2. The van der Waals surface area contributed by atoms with Gasteiger partial charge in [0.15, 0.2) is 0 Å². The molecular formula is C17H11FN2O4. The van der Waals surface area contributed by atoms with Crippen LogP contribution < -0.4 is 16.5 Å². The second-order valence-corrected chi connectivity index (χ2v) is 4.90. The van der Waals surface area contributed by atoms with Crippen molar-refractivity contribution in [2.24, 2.45) is 0 Å². The van der Waals surface area contributed by atoms with Crippen molar-refractivity contribution in [3.05, 3.63) is 82.0 Å². The fourth-order valence-corrected chi connectivity index (χ4v) is 2.07. The lowest BCUT2D eigenvalue weighted by molar-refractivity contribution is 0.0844. The van der Waals surface area contributed by atoms with E-state index >= 15 is 0 Å². The van der Waals surface area contributed by atoms with Gasteiger partial charge < -0.3 is 4.42 Å². The van der Waals surface area contributed by atoms with Crippen LogP contribution in [0.4, 0.5) is 4.39 Å². The van der Waals surface area contributed by atoms with Crippen LogP contribution >= 0.6 is 0 Å². The summed E-state index contributed by atoms with van der Waals surface area (Å²) in [4.78, 5) is 35.7. The van der Waals surface area contributed by atoms with E-state index in [9.17, 15) is 18.8 Å². The van der Waals surface area contributed by atoms with E-state index in [0.29, 0.717) is 11.0 Å². The van der Waals surface area contributed by atoms with E-state index in [1.54, 1.807) is 24.3 Å². The highest BCUT2D eigenvalue weighted by molar-refractivity contribution is 6.00. The summed E-state index contributed by atoms with van der Waals surface area (Å²) >= 11 is 0. The summed E-state index contributed by atoms with van der Waals surface area (Å²) < 4.78 is 17.9. The Morgan fingerprint density at radius 3 is 2.33 bits per heavy atom. The number of carbonyl (C=O) groups is 2. The maximum atomic E-state index is 12.8. The lowest BCUT2D eigenvalue weighted by Crippen LogP contribution is -2.43. The number of amides is 2. The minimum atomic E-state index is -0.817. The zero-order chi connectivity index (χ0) is 17.1. The van der Waals surface area contributed by atoms with Crippen molar-refractivity contribution in [1.82, 2.24) is 10.9 Å². The molecule has 120 valence electrons. The molecule has 1 aromatic heterocycles. The van der Waals surface area contributed by atoms with Crippen molar-refractivity contribution in [1.29, 1.82) is 0 Å². The third kappa shape index (κ3) is 3.14. The minimum absolute atomic E-state index is 0.155. The number of para-hydroxylation sites is 1. The third-order valence-electron chi connectivity index (χ3n) is 3.28. The van der Waals surface area contributed by atoms with Crippen molar-refractivity contribution < 1.29 is 18.4 Å². The Bertz CT molecular complexity index is 980. The maximum absolute atomic E-state index is 12.8. The Balaban J connectivity index is 1.75. The quantitative estimate of drug-likeness (QED) is 0.557. The van der Waals surface area contributed by atoms with E-state index in [0.717, 1.165) is 12.1 Å². The molecule has 2 amide bonds. The molecule has 0 aliphatic carbocycles. The van der Waals surface area contributed by atoms with Gasteiger partial charge in [-0.2, -0.15) is 0 Å². The summed E-state index contributed by atoms with van der Waals surface area (Å²) in [6, 6.07) is 12.9. The number of fused-ring (bicyclic) bond motifs is 1. The summed E-state index contributed by atoms with van der Waals surface area (Å²) in [6.45, 7) is 0. The topological polar surface area (TPSA) is 88.4 Å². The first-order valence-electron chi connectivity index (χ1n) is 6.94. The van der Waals surface area contributed by atoms with Crippen LogP contribution in [-0.2, 0) is 0 Å². The van der Waals surface area contributed by atoms with E-state index in [1.807, 2.05) is 0 Å². The first kappa shape index (κ1) is 15.4. The van der Waals surface area contributed by atoms with Gasteiger partial charge in [0, 0.05) is 10.9 Å². The summed E-state index contributed by atoms with van der Waals surface area (Å²) in [5, 5.41) is 0.576. The smallest absolute Gasteiger partial charge is 0.349 e. The molecule has 0 atom stereocenters. The van der Waals surface area contributed by atoms with Gasteiger partial charge in [-0.3, -0.25) is 20.4 Å². The average Bonchev–Trinajstić information content (AvgIpc) is 2.59. The molecule has 3 rings (SSSR count). The molecule has 0 saturated carbocycles. The molecule has 24 heavy (non-hydrogen) atoms. The number of nitrogens with one attached hydrogen (secondary N) is 2. The Hall–Kier alpha value is -3.48. The van der Waals surface area contributed by atoms with E-state index in [4.69, 9.17) is 4.42 Å². The molecule has 0 radical (unpaired) electrons. The maximum Gasteiger partial charge on any atom is 0.349 e. The molecular weight excluding hydrogens is 315 g/mol. The number of carbonyl (C=O) groups excluding carboxylic acids is 2. The van der Waals surface area contributed by atoms with Gasteiger partial charge in [-0.05, 0) is 36.4 Å². The average molecular weight is 326 g/mol. The number of hydrogen-bond acceptors (Lipinski definition) is 4. The molecule has 2 aromatic carbocycles. The molecule has 2 N–H and O–H groups in total. The van der Waals surface area contributed by atoms with Gasteiger partial charge in [-0.25, -0.2) is 9.18 Å². The summed E-state index contributed by atoms with van der Waals surface area (Å²) in [5.41, 5.74) is 3.73. The highest BCUT2D eigenvalue weighted by Gasteiger charge is 2.15. The van der Waals surface area contributed by atoms with Crippen LogP contribution in [0.1, 0.15) is 20.7 Å². The highest BCUT2D eigenvalue weighted by Crippen LogP contribution is 2.12. The van der Waals surface area contributed by atoms with E-state index in [1.165, 1.54) is 18.2 Å². The second-order valence-electron chi connectivity index (χ2n) is 4.90. The van der Waals surface area contributed by atoms with Crippen LogP contribution in [0.15, 0.2) is 63.8 Å². The number of rotatable bonds is 2. The normalized spacial score (nSPS) is 10.4. The van der Waals surface area contributed by atoms with E-state index in [2.05, 4.69) is 10.9 Å². The molecule has 0 bridgehead atoms. The molecule has 0 fully saturated rings. The number of halogens is 1. The first-order chi connectivity index (χ1) is 11.5. The third-order valence-corrected chi connectivity index (χ3v) is 3.28. The predicted molar refractivity (Wildman–Crippen MR) is 83.8 cm³/mol. The lowest BCUT2D eigenvalue weighted by Gasteiger charge is -2.07. The van der Waals surface area contributed by atoms with Gasteiger partial charge in [0.25, 0.3) is 11.8 Å². The van der Waals surface area contributed by atoms with Crippen LogP contribution in [0.3, 0.4) is 0 Å². The molecule has 0 unspecified atom stereocenters. The fraction of sp³-hybridized carbons (Fsp3) is 0. The Morgan fingerprint density at radius 1 is 0.917 bits per heavy atom. The molecule has 0 spiro atoms. The summed E-state index contributed by atoms with van der Waals surface area (Å²) in [6.07, 6.45) is 0. The van der Waals surface area contributed by atoms with Crippen LogP contribution in [0.2, 0.25) is 0 Å². The Morgan fingerprint density at radius 2 is 1.58 bits per heavy atom. The van der Waals surface area contributed by atoms with Crippen molar-refractivity contribution in [3.63, 3.8) is 0 Å². The van der Waals surface area contributed by atoms with Crippen LogP contribution in [0.5, 0.6) is 0 Å². The molecule has 0 aliphatic rings. The molecule has 0 aliphatic heterocycles. The molecule has 0 saturated heterocycles. The number of hydrazine groups is 1. The largest absolute Gasteiger partial charge is 0.422 e. The lowest BCUT2D eigenvalue weighted by atomic mass is 10.2. The van der Waals surface area contributed by atoms with Gasteiger partial charge in [0.1, 0.15) is 17.0 Å². The standard InChI is InChI=1S/C17H11FN2O4/c18-12-7-5-10(6-8-12)15(21)19-20-16(22)13-9-11-3-1-2-4-14(11)24-17(13)23/h1-9H,(H,19,21)(H,20,22). The van der Waals surface area contributed by atoms with Gasteiger partial charge in [0.2, 0.25) is 0 Å². The first-order valence-corrected chi connectivity index (χ1v) is 6.94. The predicted octanol–water partition coefficient (Wildman–Crippen LogP) is 2.01. The SMILES string of the molecule is O=C(NNC(=O)c1cc2ccccc2oc1=O)c1ccc(F)cc1. The fourth-order valence-electron chi connectivity index (χ4n) is 2.07. The highest BCUT2D eigenvalue weighted by atomic mass is 19.1. The molecule has 3 aromatic rings. The zero-order valence-corrected chi connectivity index (χ0v) is 12.2. The van der Waals surface area contributed by atoms with Crippen molar-refractivity contribution in [2.75, 3.05) is 0 Å². The van der Waals surface area contributed by atoms with Crippen molar-refractivity contribution in [3.8, 4) is 0 Å². The summed E-state index contributed by atoms with van der Waals surface area (Å²) in [7, 11) is 0. The molecule has 7 heteroatoms. The number of hydrogen-bond donors (Lipinski definition) is 2. The van der Waals surface area contributed by atoms with Crippen LogP contribution in [-0.4, -0.2) is 11.8 Å². The monoisotopic (exact) mass is 326 g/mol. The van der Waals surface area contributed by atoms with Gasteiger partial charge in [-0.1, -0.05) is 18.2 Å². The zero-order valence-electron chi connectivity index (χ0n) is 12.2. The molecule has 1 heterocycles.